The number of hydrogen-bond donors (Lipinski definition) is 1. The second-order valence-corrected chi connectivity index (χ2v) is 5.32. The van der Waals surface area contributed by atoms with Crippen LogP contribution in [0.2, 0.25) is 0 Å². The second-order valence-electron chi connectivity index (χ2n) is 5.32. The van der Waals surface area contributed by atoms with Crippen molar-refractivity contribution in [2.75, 3.05) is 19.6 Å². The topological polar surface area (TPSA) is 54.2 Å². The smallest absolute Gasteiger partial charge is 0.240 e. The monoisotopic (exact) mass is 266 g/mol. The lowest BCUT2D eigenvalue weighted by molar-refractivity contribution is 0.140. The van der Waals surface area contributed by atoms with Gasteiger partial charge in [-0.05, 0) is 38.8 Å². The Labute approximate surface area is 115 Å². The fourth-order valence-electron chi connectivity index (χ4n) is 2.68. The maximum Gasteiger partial charge on any atom is 0.240 e. The summed E-state index contributed by atoms with van der Waals surface area (Å²) in [5.41, 5.74) is 0. The van der Waals surface area contributed by atoms with E-state index in [1.807, 2.05) is 0 Å². The summed E-state index contributed by atoms with van der Waals surface area (Å²) in [5.74, 6) is 1.61. The fraction of sp³-hybridized carbons (Fsp3) is 0.857. The Hall–Kier alpha value is -0.940. The molecule has 1 aliphatic heterocycles. The minimum absolute atomic E-state index is 0.607. The largest absolute Gasteiger partial charge is 0.338 e. The summed E-state index contributed by atoms with van der Waals surface area (Å²) >= 11 is 0. The Balaban J connectivity index is 1.94. The van der Waals surface area contributed by atoms with Gasteiger partial charge >= 0.3 is 0 Å². The molecule has 1 atom stereocenters. The van der Waals surface area contributed by atoms with E-state index in [1.54, 1.807) is 0 Å². The van der Waals surface area contributed by atoms with Gasteiger partial charge in [0.2, 0.25) is 5.89 Å². The van der Waals surface area contributed by atoms with Gasteiger partial charge < -0.3 is 9.84 Å². The number of aryl methyl sites for hydroxylation is 1. The van der Waals surface area contributed by atoms with Crippen molar-refractivity contribution in [3.8, 4) is 0 Å². The summed E-state index contributed by atoms with van der Waals surface area (Å²) in [6.07, 6.45) is 5.65. The molecule has 0 saturated carbocycles. The van der Waals surface area contributed by atoms with E-state index >= 15 is 0 Å². The average molecular weight is 266 g/mol. The van der Waals surface area contributed by atoms with Gasteiger partial charge in [0.15, 0.2) is 5.82 Å². The zero-order chi connectivity index (χ0) is 13.5. The van der Waals surface area contributed by atoms with Crippen LogP contribution in [-0.2, 0) is 13.0 Å². The first kappa shape index (κ1) is 14.5. The zero-order valence-electron chi connectivity index (χ0n) is 12.2. The third-order valence-electron chi connectivity index (χ3n) is 3.62. The quantitative estimate of drug-likeness (QED) is 0.818. The lowest BCUT2D eigenvalue weighted by Crippen LogP contribution is -2.45. The van der Waals surface area contributed by atoms with Crippen LogP contribution >= 0.6 is 0 Å². The van der Waals surface area contributed by atoms with Crippen molar-refractivity contribution in [2.45, 2.75) is 58.5 Å². The van der Waals surface area contributed by atoms with Gasteiger partial charge in [0, 0.05) is 19.0 Å². The Kier molecular flexibility index (Phi) is 5.79. The van der Waals surface area contributed by atoms with E-state index in [9.17, 15) is 0 Å². The molecule has 0 aliphatic carbocycles. The van der Waals surface area contributed by atoms with Crippen LogP contribution in [0.25, 0.3) is 0 Å². The zero-order valence-corrected chi connectivity index (χ0v) is 12.2. The number of nitrogens with zero attached hydrogens (tertiary/aromatic N) is 3. The van der Waals surface area contributed by atoms with E-state index < -0.39 is 0 Å². The molecule has 1 fully saturated rings. The standard InChI is InChI=1S/C14H26N4O/c1-3-6-13-16-14(19-17-13)11-18(9-4-2)12-7-5-8-15-10-12/h12,15H,3-11H2,1-2H3. The van der Waals surface area contributed by atoms with Gasteiger partial charge in [-0.25, -0.2) is 0 Å². The van der Waals surface area contributed by atoms with Gasteiger partial charge in [0.25, 0.3) is 0 Å². The second kappa shape index (κ2) is 7.60. The van der Waals surface area contributed by atoms with Crippen molar-refractivity contribution in [3.63, 3.8) is 0 Å². The molecule has 2 heterocycles. The van der Waals surface area contributed by atoms with Crippen molar-refractivity contribution in [1.82, 2.24) is 20.4 Å². The van der Waals surface area contributed by atoms with Crippen LogP contribution in [0.1, 0.15) is 51.2 Å². The van der Waals surface area contributed by atoms with Crippen LogP contribution < -0.4 is 5.32 Å². The van der Waals surface area contributed by atoms with Gasteiger partial charge in [-0.15, -0.1) is 0 Å². The molecular formula is C14H26N4O. The Morgan fingerprint density at radius 2 is 2.26 bits per heavy atom. The number of hydrogen-bond acceptors (Lipinski definition) is 5. The molecule has 1 aromatic rings. The van der Waals surface area contributed by atoms with Crippen LogP contribution in [0, 0.1) is 0 Å². The molecule has 0 radical (unpaired) electrons. The molecule has 0 spiro atoms. The molecule has 1 unspecified atom stereocenters. The van der Waals surface area contributed by atoms with Crippen LogP contribution in [0.4, 0.5) is 0 Å². The summed E-state index contributed by atoms with van der Waals surface area (Å²) in [6.45, 7) is 8.47. The van der Waals surface area contributed by atoms with E-state index in [1.165, 1.54) is 12.8 Å². The minimum Gasteiger partial charge on any atom is -0.338 e. The van der Waals surface area contributed by atoms with E-state index in [0.29, 0.717) is 6.04 Å². The third-order valence-corrected chi connectivity index (χ3v) is 3.62. The third kappa shape index (κ3) is 4.28. The highest BCUT2D eigenvalue weighted by Gasteiger charge is 2.22. The normalized spacial score (nSPS) is 20.1. The van der Waals surface area contributed by atoms with Crippen LogP contribution in [0.15, 0.2) is 4.52 Å². The van der Waals surface area contributed by atoms with Crippen LogP contribution in [0.3, 0.4) is 0 Å². The number of aromatic nitrogens is 2. The average Bonchev–Trinajstić information content (AvgIpc) is 2.87. The number of piperidine rings is 1. The van der Waals surface area contributed by atoms with Crippen molar-refractivity contribution < 1.29 is 4.52 Å². The molecule has 2 rings (SSSR count). The summed E-state index contributed by atoms with van der Waals surface area (Å²) in [5, 5.41) is 7.51. The van der Waals surface area contributed by atoms with Gasteiger partial charge in [0.1, 0.15) is 0 Å². The van der Waals surface area contributed by atoms with Crippen molar-refractivity contribution in [1.29, 1.82) is 0 Å². The van der Waals surface area contributed by atoms with E-state index in [4.69, 9.17) is 4.52 Å². The highest BCUT2D eigenvalue weighted by molar-refractivity contribution is 4.88. The maximum atomic E-state index is 5.36. The first-order chi connectivity index (χ1) is 9.33. The summed E-state index contributed by atoms with van der Waals surface area (Å²) in [4.78, 5) is 6.96. The lowest BCUT2D eigenvalue weighted by Gasteiger charge is -2.33. The molecule has 1 saturated heterocycles. The molecule has 108 valence electrons. The van der Waals surface area contributed by atoms with E-state index in [2.05, 4.69) is 34.2 Å². The molecule has 0 bridgehead atoms. The molecule has 5 nitrogen and oxygen atoms in total. The Bertz CT molecular complexity index is 360. The highest BCUT2D eigenvalue weighted by Crippen LogP contribution is 2.14. The summed E-state index contributed by atoms with van der Waals surface area (Å²) in [7, 11) is 0. The van der Waals surface area contributed by atoms with Crippen LogP contribution in [-0.4, -0.2) is 40.7 Å². The Morgan fingerprint density at radius 3 is 2.95 bits per heavy atom. The molecule has 1 aliphatic rings. The fourth-order valence-corrected chi connectivity index (χ4v) is 2.68. The SMILES string of the molecule is CCCc1noc(CN(CCC)C2CCCNC2)n1. The van der Waals surface area contributed by atoms with Gasteiger partial charge in [-0.2, -0.15) is 4.98 Å². The van der Waals surface area contributed by atoms with Gasteiger partial charge in [0.05, 0.1) is 6.54 Å². The summed E-state index contributed by atoms with van der Waals surface area (Å²) in [6, 6.07) is 0.607. The molecule has 5 heteroatoms. The molecule has 1 aromatic heterocycles. The highest BCUT2D eigenvalue weighted by atomic mass is 16.5. The predicted octanol–water partition coefficient (Wildman–Crippen LogP) is 1.99. The van der Waals surface area contributed by atoms with Gasteiger partial charge in [-0.1, -0.05) is 19.0 Å². The summed E-state index contributed by atoms with van der Waals surface area (Å²) < 4.78 is 5.36. The van der Waals surface area contributed by atoms with Crippen molar-refractivity contribution in [2.24, 2.45) is 0 Å². The molecule has 0 amide bonds. The maximum absolute atomic E-state index is 5.36. The van der Waals surface area contributed by atoms with Crippen molar-refractivity contribution in [3.05, 3.63) is 11.7 Å². The van der Waals surface area contributed by atoms with Gasteiger partial charge in [-0.3, -0.25) is 4.90 Å². The number of rotatable bonds is 7. The predicted molar refractivity (Wildman–Crippen MR) is 74.9 cm³/mol. The first-order valence-electron chi connectivity index (χ1n) is 7.59. The number of nitrogens with one attached hydrogen (secondary N) is 1. The molecule has 0 aromatic carbocycles. The molecule has 1 N–H and O–H groups in total. The van der Waals surface area contributed by atoms with Crippen molar-refractivity contribution >= 4 is 0 Å². The van der Waals surface area contributed by atoms with E-state index in [-0.39, 0.29) is 0 Å². The van der Waals surface area contributed by atoms with Crippen LogP contribution in [0.5, 0.6) is 0 Å². The van der Waals surface area contributed by atoms with E-state index in [0.717, 1.165) is 57.2 Å². The lowest BCUT2D eigenvalue weighted by atomic mass is 10.1. The Morgan fingerprint density at radius 1 is 1.37 bits per heavy atom. The first-order valence-corrected chi connectivity index (χ1v) is 7.59. The minimum atomic E-state index is 0.607. The molecule has 19 heavy (non-hydrogen) atoms. The molecular weight excluding hydrogens is 240 g/mol.